The number of hydrogen-bond donors (Lipinski definition) is 1. The molecule has 5 heterocycles. The molecular formula is C32H33F4N9O3. The molecule has 252 valence electrons. The quantitative estimate of drug-likeness (QED) is 0.174. The Morgan fingerprint density at radius 3 is 2.48 bits per heavy atom. The van der Waals surface area contributed by atoms with E-state index in [-0.39, 0.29) is 23.4 Å². The molecule has 0 saturated carbocycles. The van der Waals surface area contributed by atoms with Gasteiger partial charge in [0, 0.05) is 24.7 Å². The summed E-state index contributed by atoms with van der Waals surface area (Å²) in [7, 11) is 0. The molecule has 5 aromatic rings. The van der Waals surface area contributed by atoms with Crippen molar-refractivity contribution in [2.75, 3.05) is 18.4 Å². The second-order valence-corrected chi connectivity index (χ2v) is 12.4. The molecule has 1 aliphatic heterocycles. The van der Waals surface area contributed by atoms with Crippen molar-refractivity contribution in [3.8, 4) is 17.4 Å². The lowest BCUT2D eigenvalue weighted by Crippen LogP contribution is -2.36. The van der Waals surface area contributed by atoms with E-state index in [4.69, 9.17) is 9.47 Å². The van der Waals surface area contributed by atoms with E-state index in [0.717, 1.165) is 16.4 Å². The summed E-state index contributed by atoms with van der Waals surface area (Å²) < 4.78 is 69.5. The minimum Gasteiger partial charge on any atom is -0.486 e. The maximum atomic E-state index is 14.1. The first-order chi connectivity index (χ1) is 22.8. The number of aromatic nitrogens is 7. The van der Waals surface area contributed by atoms with Gasteiger partial charge in [0.05, 0.1) is 34.5 Å². The number of alkyl halides is 4. The van der Waals surface area contributed by atoms with Gasteiger partial charge in [0.2, 0.25) is 0 Å². The van der Waals surface area contributed by atoms with Crippen molar-refractivity contribution in [3.63, 3.8) is 0 Å². The number of nitrogens with one attached hydrogen (secondary N) is 1. The Bertz CT molecular complexity index is 1960. The number of imidazole rings is 1. The molecule has 4 aromatic heterocycles. The van der Waals surface area contributed by atoms with Crippen LogP contribution in [0.25, 0.3) is 22.7 Å². The Hall–Kier alpha value is -5.28. The molecular weight excluding hydrogens is 634 g/mol. The molecule has 16 heteroatoms. The van der Waals surface area contributed by atoms with Gasteiger partial charge in [-0.15, -0.1) is 5.10 Å². The number of benzene rings is 1. The maximum Gasteiger partial charge on any atom is 0.410 e. The van der Waals surface area contributed by atoms with Gasteiger partial charge in [0.1, 0.15) is 35.3 Å². The fraction of sp³-hybridized carbons (Fsp3) is 0.375. The predicted molar refractivity (Wildman–Crippen MR) is 168 cm³/mol. The number of pyridine rings is 1. The van der Waals surface area contributed by atoms with Gasteiger partial charge < -0.3 is 19.7 Å². The first-order valence-corrected chi connectivity index (χ1v) is 15.1. The van der Waals surface area contributed by atoms with E-state index >= 15 is 0 Å². The molecule has 0 bridgehead atoms. The molecule has 1 saturated heterocycles. The van der Waals surface area contributed by atoms with Gasteiger partial charge in [0.15, 0.2) is 11.6 Å². The average Bonchev–Trinajstić information content (AvgIpc) is 3.76. The van der Waals surface area contributed by atoms with Crippen LogP contribution < -0.4 is 10.1 Å². The summed E-state index contributed by atoms with van der Waals surface area (Å²) >= 11 is 0. The second kappa shape index (κ2) is 12.7. The van der Waals surface area contributed by atoms with Crippen molar-refractivity contribution in [1.29, 1.82) is 0 Å². The zero-order valence-corrected chi connectivity index (χ0v) is 26.8. The molecule has 1 amide bonds. The van der Waals surface area contributed by atoms with Crippen LogP contribution in [0.15, 0.2) is 48.8 Å². The van der Waals surface area contributed by atoms with E-state index in [0.29, 0.717) is 47.8 Å². The first kappa shape index (κ1) is 32.7. The van der Waals surface area contributed by atoms with Crippen molar-refractivity contribution in [2.45, 2.75) is 65.6 Å². The van der Waals surface area contributed by atoms with E-state index < -0.39 is 35.8 Å². The van der Waals surface area contributed by atoms with Crippen LogP contribution in [-0.4, -0.2) is 70.3 Å². The number of carbonyl (C=O) groups excluding carboxylic acids is 1. The van der Waals surface area contributed by atoms with Gasteiger partial charge in [-0.25, -0.2) is 37.0 Å². The number of fused-ring (bicyclic) bond motifs is 1. The lowest BCUT2D eigenvalue weighted by atomic mass is 10.2. The monoisotopic (exact) mass is 667 g/mol. The Balaban J connectivity index is 1.39. The van der Waals surface area contributed by atoms with Crippen LogP contribution in [0.5, 0.6) is 5.75 Å². The number of likely N-dealkylation sites (tertiary alicyclic amines) is 1. The summed E-state index contributed by atoms with van der Waals surface area (Å²) in [6.07, 6.45) is -4.62. The van der Waals surface area contributed by atoms with E-state index in [9.17, 15) is 22.4 Å². The molecule has 12 nitrogen and oxygen atoms in total. The summed E-state index contributed by atoms with van der Waals surface area (Å²) in [5.74, 6) is 0.766. The summed E-state index contributed by atoms with van der Waals surface area (Å²) in [4.78, 5) is 23.2. The minimum absolute atomic E-state index is 0.193. The highest BCUT2D eigenvalue weighted by Crippen LogP contribution is 2.35. The van der Waals surface area contributed by atoms with Gasteiger partial charge >= 0.3 is 6.09 Å². The number of nitrogens with zero attached hydrogens (tertiary/aromatic N) is 8. The molecule has 1 aromatic carbocycles. The highest BCUT2D eigenvalue weighted by molar-refractivity contribution is 5.86. The predicted octanol–water partition coefficient (Wildman–Crippen LogP) is 7.02. The number of anilines is 2. The van der Waals surface area contributed by atoms with Gasteiger partial charge in [-0.1, -0.05) is 0 Å². The smallest absolute Gasteiger partial charge is 0.410 e. The second-order valence-electron chi connectivity index (χ2n) is 12.4. The lowest BCUT2D eigenvalue weighted by molar-refractivity contribution is 0.0276. The number of hydrogen-bond acceptors (Lipinski definition) is 9. The molecule has 1 N–H and O–H groups in total. The first-order valence-electron chi connectivity index (χ1n) is 15.1. The molecule has 1 fully saturated rings. The topological polar surface area (TPSA) is 125 Å². The highest BCUT2D eigenvalue weighted by atomic mass is 19.3. The van der Waals surface area contributed by atoms with Crippen molar-refractivity contribution in [1.82, 2.24) is 39.4 Å². The summed E-state index contributed by atoms with van der Waals surface area (Å²) in [6.45, 7) is 9.44. The average molecular weight is 668 g/mol. The SMILES string of the molecule is Cc1ccc(Nc2cc3ncn(-c4ccc(C(F)F)c(-n5nc(C(F)F)cc5C)n4)c3cc2OC2CCN(C(=O)OC(C)(C)C)C2)nn1. The van der Waals surface area contributed by atoms with E-state index in [1.807, 2.05) is 6.92 Å². The third-order valence-corrected chi connectivity index (χ3v) is 7.50. The van der Waals surface area contributed by atoms with E-state index in [2.05, 4.69) is 30.6 Å². The normalized spacial score (nSPS) is 15.1. The Labute approximate surface area is 272 Å². The number of rotatable bonds is 8. The standard InChI is InChI=1S/C32H33F4N9O3/c1-17-6-8-26(41-40-17)38-22-13-21-24(14-25(22)47-19-10-11-43(15-19)31(46)48-32(3,4)5)44(16-37-21)27-9-7-20(28(33)34)30(39-27)45-18(2)12-23(42-45)29(35)36/h6-9,12-14,16,19,28-29H,10-11,15H2,1-5H3,(H,38,41). The summed E-state index contributed by atoms with van der Waals surface area (Å²) in [5, 5.41) is 15.4. The van der Waals surface area contributed by atoms with Crippen LogP contribution in [0.1, 0.15) is 62.7 Å². The van der Waals surface area contributed by atoms with Crippen LogP contribution in [0.2, 0.25) is 0 Å². The van der Waals surface area contributed by atoms with Crippen molar-refractivity contribution >= 4 is 28.6 Å². The Morgan fingerprint density at radius 1 is 1.02 bits per heavy atom. The largest absolute Gasteiger partial charge is 0.486 e. The maximum absolute atomic E-state index is 14.1. The summed E-state index contributed by atoms with van der Waals surface area (Å²) in [6, 6.07) is 10.7. The minimum atomic E-state index is -2.94. The van der Waals surface area contributed by atoms with Crippen LogP contribution in [0, 0.1) is 13.8 Å². The zero-order valence-electron chi connectivity index (χ0n) is 26.8. The lowest BCUT2D eigenvalue weighted by Gasteiger charge is -2.24. The molecule has 0 aliphatic carbocycles. The molecule has 0 radical (unpaired) electrons. The zero-order chi connectivity index (χ0) is 34.3. The molecule has 1 unspecified atom stereocenters. The fourth-order valence-electron chi connectivity index (χ4n) is 5.26. The van der Waals surface area contributed by atoms with Gasteiger partial charge in [0.25, 0.3) is 12.9 Å². The van der Waals surface area contributed by atoms with Crippen molar-refractivity contribution in [3.05, 3.63) is 71.4 Å². The Morgan fingerprint density at radius 2 is 1.81 bits per heavy atom. The van der Waals surface area contributed by atoms with Crippen LogP contribution in [0.4, 0.5) is 33.9 Å². The molecule has 1 aliphatic rings. The third kappa shape index (κ3) is 6.87. The molecule has 48 heavy (non-hydrogen) atoms. The van der Waals surface area contributed by atoms with Crippen molar-refractivity contribution in [2.24, 2.45) is 0 Å². The van der Waals surface area contributed by atoms with E-state index in [1.165, 1.54) is 25.4 Å². The third-order valence-electron chi connectivity index (χ3n) is 7.50. The van der Waals surface area contributed by atoms with Gasteiger partial charge in [-0.05, 0) is 71.0 Å². The number of carbonyl (C=O) groups is 1. The number of aryl methyl sites for hydroxylation is 2. The molecule has 0 spiro atoms. The van der Waals surface area contributed by atoms with Crippen LogP contribution >= 0.6 is 0 Å². The van der Waals surface area contributed by atoms with Gasteiger partial charge in [-0.2, -0.15) is 10.2 Å². The van der Waals surface area contributed by atoms with E-state index in [1.54, 1.807) is 54.5 Å². The van der Waals surface area contributed by atoms with Gasteiger partial charge in [-0.3, -0.25) is 4.57 Å². The van der Waals surface area contributed by atoms with Crippen molar-refractivity contribution < 1.29 is 31.8 Å². The van der Waals surface area contributed by atoms with Crippen LogP contribution in [-0.2, 0) is 4.74 Å². The molecule has 1 atom stereocenters. The Kier molecular flexibility index (Phi) is 8.66. The fourth-order valence-corrected chi connectivity index (χ4v) is 5.26. The molecule has 6 rings (SSSR count). The number of amides is 1. The summed E-state index contributed by atoms with van der Waals surface area (Å²) in [5.41, 5.74) is 0.828. The number of halogens is 4. The van der Waals surface area contributed by atoms with Crippen LogP contribution in [0.3, 0.4) is 0 Å². The highest BCUT2D eigenvalue weighted by Gasteiger charge is 2.32. The number of ether oxygens (including phenoxy) is 2.